The Morgan fingerprint density at radius 3 is 2.93 bits per heavy atom. The lowest BCUT2D eigenvalue weighted by atomic mass is 10.3. The van der Waals surface area contributed by atoms with Crippen LogP contribution >= 0.6 is 11.3 Å². The molecule has 0 saturated heterocycles. The van der Waals surface area contributed by atoms with Gasteiger partial charge >= 0.3 is 11.9 Å². The number of carbonyl (C=O) groups excluding carboxylic acids is 1. The van der Waals surface area contributed by atoms with Crippen LogP contribution in [0.2, 0.25) is 0 Å². The van der Waals surface area contributed by atoms with Crippen molar-refractivity contribution in [3.05, 3.63) is 16.6 Å². The number of esters is 1. The minimum Gasteiger partial charge on any atom is -0.477 e. The van der Waals surface area contributed by atoms with E-state index in [0.29, 0.717) is 10.2 Å². The highest BCUT2D eigenvalue weighted by molar-refractivity contribution is 7.20. The van der Waals surface area contributed by atoms with E-state index in [1.165, 1.54) is 13.2 Å². The van der Waals surface area contributed by atoms with Crippen LogP contribution in [0.1, 0.15) is 20.2 Å². The zero-order chi connectivity index (χ0) is 11.0. The average Bonchev–Trinajstić information content (AvgIpc) is 2.74. The first-order valence-corrected chi connectivity index (χ1v) is 4.74. The smallest absolute Gasteiger partial charge is 0.356 e. The van der Waals surface area contributed by atoms with Crippen molar-refractivity contribution in [1.82, 2.24) is 10.2 Å². The van der Waals surface area contributed by atoms with Crippen LogP contribution in [-0.2, 0) is 4.74 Å². The number of methoxy groups -OCH3 is 1. The number of H-pyrrole nitrogens is 1. The topological polar surface area (TPSA) is 92.3 Å². The van der Waals surface area contributed by atoms with Crippen LogP contribution in [0.4, 0.5) is 0 Å². The lowest BCUT2D eigenvalue weighted by Gasteiger charge is -1.92. The monoisotopic (exact) mass is 226 g/mol. The van der Waals surface area contributed by atoms with Crippen molar-refractivity contribution in [2.75, 3.05) is 7.11 Å². The first-order chi connectivity index (χ1) is 7.13. The van der Waals surface area contributed by atoms with Gasteiger partial charge in [0.25, 0.3) is 0 Å². The molecule has 0 aliphatic carbocycles. The summed E-state index contributed by atoms with van der Waals surface area (Å²) < 4.78 is 4.52. The number of aromatic carboxylic acids is 1. The summed E-state index contributed by atoms with van der Waals surface area (Å²) in [5.74, 6) is -1.60. The zero-order valence-electron chi connectivity index (χ0n) is 7.60. The molecule has 0 aliphatic rings. The van der Waals surface area contributed by atoms with Crippen LogP contribution < -0.4 is 0 Å². The molecular formula is C8H6N2O4S. The molecule has 0 saturated carbocycles. The van der Waals surface area contributed by atoms with Gasteiger partial charge < -0.3 is 9.84 Å². The van der Waals surface area contributed by atoms with Gasteiger partial charge in [0.1, 0.15) is 9.71 Å². The van der Waals surface area contributed by atoms with Crippen LogP contribution in [0.25, 0.3) is 10.2 Å². The molecule has 2 N–H and O–H groups in total. The predicted octanol–water partition coefficient (Wildman–Crippen LogP) is 1.11. The zero-order valence-corrected chi connectivity index (χ0v) is 8.42. The standard InChI is InChI=1S/C8H6N2O4S/c1-14-8(13)5-3-2-4(7(11)12)15-6(3)10-9-5/h2H,1H3,(H,9,10)(H,11,12). The van der Waals surface area contributed by atoms with Crippen molar-refractivity contribution < 1.29 is 19.4 Å². The number of carbonyl (C=O) groups is 2. The third kappa shape index (κ3) is 1.46. The van der Waals surface area contributed by atoms with E-state index in [1.807, 2.05) is 0 Å². The predicted molar refractivity (Wildman–Crippen MR) is 52.3 cm³/mol. The van der Waals surface area contributed by atoms with E-state index in [4.69, 9.17) is 5.11 Å². The fourth-order valence-corrected chi connectivity index (χ4v) is 2.01. The van der Waals surface area contributed by atoms with Crippen LogP contribution in [-0.4, -0.2) is 34.4 Å². The highest BCUT2D eigenvalue weighted by Gasteiger charge is 2.18. The molecule has 78 valence electrons. The van der Waals surface area contributed by atoms with E-state index in [-0.39, 0.29) is 10.6 Å². The number of rotatable bonds is 2. The Balaban J connectivity index is 2.58. The number of nitrogens with one attached hydrogen (secondary N) is 1. The molecule has 15 heavy (non-hydrogen) atoms. The van der Waals surface area contributed by atoms with E-state index in [0.717, 1.165) is 11.3 Å². The summed E-state index contributed by atoms with van der Waals surface area (Å²) in [6.07, 6.45) is 0. The minimum atomic E-state index is -1.03. The molecule has 0 fully saturated rings. The average molecular weight is 226 g/mol. The van der Waals surface area contributed by atoms with Gasteiger partial charge in [-0.05, 0) is 6.07 Å². The number of carboxylic acids is 1. The SMILES string of the molecule is COC(=O)c1[nH]nc2sc(C(=O)O)cc12. The molecule has 0 atom stereocenters. The van der Waals surface area contributed by atoms with Crippen LogP contribution in [0, 0.1) is 0 Å². The summed E-state index contributed by atoms with van der Waals surface area (Å²) in [5, 5.41) is 15.5. The summed E-state index contributed by atoms with van der Waals surface area (Å²) in [7, 11) is 1.25. The Morgan fingerprint density at radius 1 is 1.60 bits per heavy atom. The molecule has 2 aromatic rings. The molecule has 0 amide bonds. The molecule has 0 bridgehead atoms. The van der Waals surface area contributed by atoms with Crippen molar-refractivity contribution in [3.8, 4) is 0 Å². The van der Waals surface area contributed by atoms with Crippen molar-refractivity contribution in [1.29, 1.82) is 0 Å². The normalized spacial score (nSPS) is 10.5. The molecule has 7 heteroatoms. The Morgan fingerprint density at radius 2 is 2.33 bits per heavy atom. The number of ether oxygens (including phenoxy) is 1. The molecule has 0 radical (unpaired) electrons. The number of thiophene rings is 1. The summed E-state index contributed by atoms with van der Waals surface area (Å²) in [5.41, 5.74) is 0.177. The van der Waals surface area contributed by atoms with Gasteiger partial charge in [-0.1, -0.05) is 0 Å². The van der Waals surface area contributed by atoms with Gasteiger partial charge in [-0.2, -0.15) is 5.10 Å². The maximum absolute atomic E-state index is 11.2. The van der Waals surface area contributed by atoms with Gasteiger partial charge in [0.05, 0.1) is 7.11 Å². The van der Waals surface area contributed by atoms with Crippen molar-refractivity contribution in [2.45, 2.75) is 0 Å². The van der Waals surface area contributed by atoms with Gasteiger partial charge in [0.2, 0.25) is 0 Å². The highest BCUT2D eigenvalue weighted by atomic mass is 32.1. The number of hydrogen-bond acceptors (Lipinski definition) is 5. The van der Waals surface area contributed by atoms with Gasteiger partial charge in [0, 0.05) is 5.39 Å². The maximum Gasteiger partial charge on any atom is 0.356 e. The second-order valence-electron chi connectivity index (χ2n) is 2.72. The largest absolute Gasteiger partial charge is 0.477 e. The minimum absolute atomic E-state index is 0.145. The van der Waals surface area contributed by atoms with E-state index in [2.05, 4.69) is 14.9 Å². The molecule has 0 aromatic carbocycles. The Labute approximate surface area is 87.5 Å². The van der Waals surface area contributed by atoms with E-state index in [1.54, 1.807) is 0 Å². The lowest BCUT2D eigenvalue weighted by Crippen LogP contribution is -2.02. The van der Waals surface area contributed by atoms with Gasteiger partial charge in [-0.3, -0.25) is 5.10 Å². The molecule has 0 unspecified atom stereocenters. The van der Waals surface area contributed by atoms with E-state index in [9.17, 15) is 9.59 Å². The fourth-order valence-electron chi connectivity index (χ4n) is 1.17. The molecule has 6 nitrogen and oxygen atoms in total. The van der Waals surface area contributed by atoms with Crippen molar-refractivity contribution >= 4 is 33.5 Å². The van der Waals surface area contributed by atoms with Gasteiger partial charge in [0.15, 0.2) is 5.69 Å². The summed E-state index contributed by atoms with van der Waals surface area (Å²) >= 11 is 1.00. The van der Waals surface area contributed by atoms with Crippen LogP contribution in [0.3, 0.4) is 0 Å². The van der Waals surface area contributed by atoms with Crippen LogP contribution in [0.15, 0.2) is 6.07 Å². The number of fused-ring (bicyclic) bond motifs is 1. The highest BCUT2D eigenvalue weighted by Crippen LogP contribution is 2.26. The number of hydrogen-bond donors (Lipinski definition) is 2. The number of nitrogens with zero attached hydrogens (tertiary/aromatic N) is 1. The van der Waals surface area contributed by atoms with Crippen molar-refractivity contribution in [2.24, 2.45) is 0 Å². The third-order valence-electron chi connectivity index (χ3n) is 1.85. The second kappa shape index (κ2) is 3.35. The van der Waals surface area contributed by atoms with Crippen molar-refractivity contribution in [3.63, 3.8) is 0 Å². The van der Waals surface area contributed by atoms with E-state index >= 15 is 0 Å². The summed E-state index contributed by atoms with van der Waals surface area (Å²) in [4.78, 5) is 22.5. The van der Waals surface area contributed by atoms with Gasteiger partial charge in [-0.25, -0.2) is 9.59 Å². The molecule has 2 aromatic heterocycles. The van der Waals surface area contributed by atoms with E-state index < -0.39 is 11.9 Å². The number of aromatic amines is 1. The molecule has 2 heterocycles. The van der Waals surface area contributed by atoms with Gasteiger partial charge in [-0.15, -0.1) is 11.3 Å². The molecular weight excluding hydrogens is 220 g/mol. The number of aromatic nitrogens is 2. The lowest BCUT2D eigenvalue weighted by molar-refractivity contribution is 0.0595. The van der Waals surface area contributed by atoms with Crippen LogP contribution in [0.5, 0.6) is 0 Å². The maximum atomic E-state index is 11.2. The summed E-state index contributed by atoms with van der Waals surface area (Å²) in [6, 6.07) is 1.40. The Kier molecular flexibility index (Phi) is 2.16. The molecule has 0 spiro atoms. The second-order valence-corrected chi connectivity index (χ2v) is 3.76. The molecule has 2 rings (SSSR count). The Bertz CT molecular complexity index is 542. The Hall–Kier alpha value is -1.89. The molecule has 0 aliphatic heterocycles. The first-order valence-electron chi connectivity index (χ1n) is 3.93. The number of carboxylic acid groups (broad SMARTS) is 1. The first kappa shape index (κ1) is 9.66. The third-order valence-corrected chi connectivity index (χ3v) is 2.87. The fraction of sp³-hybridized carbons (Fsp3) is 0.125. The quantitative estimate of drug-likeness (QED) is 0.748. The summed E-state index contributed by atoms with van der Waals surface area (Å²) in [6.45, 7) is 0.